The highest BCUT2D eigenvalue weighted by molar-refractivity contribution is 9.10. The van der Waals surface area contributed by atoms with Crippen molar-refractivity contribution in [3.8, 4) is 0 Å². The molecule has 4 rings (SSSR count). The van der Waals surface area contributed by atoms with E-state index < -0.39 is 0 Å². The molecule has 2 aromatic carbocycles. The van der Waals surface area contributed by atoms with Crippen LogP contribution in [-0.2, 0) is 13.1 Å². The average molecular weight is 340 g/mol. The first-order chi connectivity index (χ1) is 10.2. The van der Waals surface area contributed by atoms with Gasteiger partial charge in [-0.3, -0.25) is 4.98 Å². The van der Waals surface area contributed by atoms with Crippen molar-refractivity contribution in [2.75, 3.05) is 10.6 Å². The Hall–Kier alpha value is -2.07. The summed E-state index contributed by atoms with van der Waals surface area (Å²) < 4.78 is 1.04. The minimum absolute atomic E-state index is 0.730. The van der Waals surface area contributed by atoms with Crippen LogP contribution >= 0.6 is 15.9 Å². The van der Waals surface area contributed by atoms with Crippen LogP contribution in [-0.4, -0.2) is 4.98 Å². The van der Waals surface area contributed by atoms with Crippen LogP contribution in [0.1, 0.15) is 11.1 Å². The Morgan fingerprint density at radius 1 is 1.05 bits per heavy atom. The third-order valence-electron chi connectivity index (χ3n) is 3.99. The Labute approximate surface area is 131 Å². The monoisotopic (exact) mass is 339 g/mol. The van der Waals surface area contributed by atoms with Crippen molar-refractivity contribution < 1.29 is 0 Å². The summed E-state index contributed by atoms with van der Waals surface area (Å²) in [5.41, 5.74) is 11.8. The lowest BCUT2D eigenvalue weighted by Gasteiger charge is -2.21. The van der Waals surface area contributed by atoms with Crippen LogP contribution in [0.3, 0.4) is 0 Å². The third-order valence-corrected chi connectivity index (χ3v) is 4.48. The van der Waals surface area contributed by atoms with E-state index in [-0.39, 0.29) is 0 Å². The van der Waals surface area contributed by atoms with E-state index in [1.165, 1.54) is 11.1 Å². The molecular weight excluding hydrogens is 326 g/mol. The second kappa shape index (κ2) is 4.74. The van der Waals surface area contributed by atoms with Gasteiger partial charge in [0.25, 0.3) is 0 Å². The molecule has 2 heterocycles. The largest absolute Gasteiger partial charge is 0.396 e. The zero-order chi connectivity index (χ0) is 14.4. The van der Waals surface area contributed by atoms with Gasteiger partial charge in [-0.15, -0.1) is 0 Å². The first-order valence-electron chi connectivity index (χ1n) is 6.88. The zero-order valence-corrected chi connectivity index (χ0v) is 13.0. The Bertz CT molecular complexity index is 814. The van der Waals surface area contributed by atoms with Gasteiger partial charge in [0.05, 0.1) is 23.1 Å². The highest BCUT2D eigenvalue weighted by Crippen LogP contribution is 2.37. The average Bonchev–Trinajstić information content (AvgIpc) is 2.90. The summed E-state index contributed by atoms with van der Waals surface area (Å²) in [6, 6.07) is 14.7. The molecule has 0 saturated carbocycles. The molecule has 21 heavy (non-hydrogen) atoms. The normalized spacial score (nSPS) is 13.7. The lowest BCUT2D eigenvalue weighted by atomic mass is 10.1. The fourth-order valence-corrected chi connectivity index (χ4v) is 3.37. The molecule has 3 nitrogen and oxygen atoms in total. The summed E-state index contributed by atoms with van der Waals surface area (Å²) >= 11 is 3.54. The Kier molecular flexibility index (Phi) is 2.86. The number of nitrogens with two attached hydrogens (primary N) is 1. The minimum atomic E-state index is 0.730. The molecule has 0 bridgehead atoms. The van der Waals surface area contributed by atoms with Crippen LogP contribution in [0.15, 0.2) is 53.1 Å². The molecule has 1 aliphatic heterocycles. The van der Waals surface area contributed by atoms with Gasteiger partial charge in [-0.2, -0.15) is 0 Å². The van der Waals surface area contributed by atoms with E-state index >= 15 is 0 Å². The van der Waals surface area contributed by atoms with E-state index in [0.29, 0.717) is 0 Å². The van der Waals surface area contributed by atoms with Gasteiger partial charge < -0.3 is 10.6 Å². The SMILES string of the molecule is Nc1cnc2ccc(Br)cc2c1N1Cc2ccccc2C1. The van der Waals surface area contributed by atoms with Gasteiger partial charge in [0.2, 0.25) is 0 Å². The van der Waals surface area contributed by atoms with Crippen molar-refractivity contribution >= 4 is 38.2 Å². The van der Waals surface area contributed by atoms with Crippen molar-refractivity contribution in [3.05, 3.63) is 64.3 Å². The number of aromatic nitrogens is 1. The van der Waals surface area contributed by atoms with Crippen molar-refractivity contribution in [3.63, 3.8) is 0 Å². The third kappa shape index (κ3) is 2.07. The molecule has 0 unspecified atom stereocenters. The summed E-state index contributed by atoms with van der Waals surface area (Å²) in [6.07, 6.45) is 1.76. The number of anilines is 2. The second-order valence-electron chi connectivity index (χ2n) is 5.35. The van der Waals surface area contributed by atoms with Gasteiger partial charge in [-0.1, -0.05) is 40.2 Å². The van der Waals surface area contributed by atoms with E-state index in [4.69, 9.17) is 5.73 Å². The van der Waals surface area contributed by atoms with E-state index in [9.17, 15) is 0 Å². The number of nitrogens with zero attached hydrogens (tertiary/aromatic N) is 2. The molecule has 0 saturated heterocycles. The van der Waals surface area contributed by atoms with E-state index in [0.717, 1.165) is 39.8 Å². The Morgan fingerprint density at radius 2 is 1.76 bits per heavy atom. The van der Waals surface area contributed by atoms with Gasteiger partial charge in [0.15, 0.2) is 0 Å². The number of benzene rings is 2. The number of rotatable bonds is 1. The lowest BCUT2D eigenvalue weighted by molar-refractivity contribution is 0.886. The molecule has 0 spiro atoms. The molecule has 1 aliphatic rings. The number of pyridine rings is 1. The van der Waals surface area contributed by atoms with Gasteiger partial charge in [-0.05, 0) is 29.3 Å². The number of halogens is 1. The standard InChI is InChI=1S/C17H14BrN3/c18-13-5-6-16-14(7-13)17(15(19)8-20-16)21-9-11-3-1-2-4-12(11)10-21/h1-8H,9-10,19H2. The first-order valence-corrected chi connectivity index (χ1v) is 7.67. The first kappa shape index (κ1) is 12.7. The number of hydrogen-bond donors (Lipinski definition) is 1. The molecule has 0 amide bonds. The predicted molar refractivity (Wildman–Crippen MR) is 90.2 cm³/mol. The van der Waals surface area contributed by atoms with Crippen molar-refractivity contribution in [2.24, 2.45) is 0 Å². The second-order valence-corrected chi connectivity index (χ2v) is 6.26. The van der Waals surface area contributed by atoms with Gasteiger partial charge in [0, 0.05) is 22.9 Å². The van der Waals surface area contributed by atoms with Crippen molar-refractivity contribution in [1.82, 2.24) is 4.98 Å². The van der Waals surface area contributed by atoms with Crippen molar-refractivity contribution in [1.29, 1.82) is 0 Å². The maximum atomic E-state index is 6.23. The Morgan fingerprint density at radius 3 is 2.48 bits per heavy atom. The van der Waals surface area contributed by atoms with Gasteiger partial charge >= 0.3 is 0 Å². The topological polar surface area (TPSA) is 42.1 Å². The summed E-state index contributed by atoms with van der Waals surface area (Å²) in [5.74, 6) is 0. The number of hydrogen-bond acceptors (Lipinski definition) is 3. The maximum absolute atomic E-state index is 6.23. The van der Waals surface area contributed by atoms with Crippen molar-refractivity contribution in [2.45, 2.75) is 13.1 Å². The maximum Gasteiger partial charge on any atom is 0.0745 e. The number of nitrogen functional groups attached to an aromatic ring is 1. The lowest BCUT2D eigenvalue weighted by Crippen LogP contribution is -2.17. The van der Waals surface area contributed by atoms with Crippen LogP contribution in [0, 0.1) is 0 Å². The van der Waals surface area contributed by atoms with Crippen LogP contribution in [0.25, 0.3) is 10.9 Å². The molecule has 1 aromatic heterocycles. The molecule has 0 atom stereocenters. The van der Waals surface area contributed by atoms with E-state index in [1.807, 2.05) is 12.1 Å². The zero-order valence-electron chi connectivity index (χ0n) is 11.4. The van der Waals surface area contributed by atoms with Crippen LogP contribution in [0.5, 0.6) is 0 Å². The molecule has 4 heteroatoms. The van der Waals surface area contributed by atoms with Crippen LogP contribution in [0.4, 0.5) is 11.4 Å². The highest BCUT2D eigenvalue weighted by atomic mass is 79.9. The van der Waals surface area contributed by atoms with Gasteiger partial charge in [0.1, 0.15) is 0 Å². The highest BCUT2D eigenvalue weighted by Gasteiger charge is 2.22. The van der Waals surface area contributed by atoms with Crippen LogP contribution < -0.4 is 10.6 Å². The number of fused-ring (bicyclic) bond motifs is 2. The summed E-state index contributed by atoms with van der Waals surface area (Å²) in [7, 11) is 0. The molecule has 0 aliphatic carbocycles. The quantitative estimate of drug-likeness (QED) is 0.725. The smallest absolute Gasteiger partial charge is 0.0745 e. The fourth-order valence-electron chi connectivity index (χ4n) is 3.01. The summed E-state index contributed by atoms with van der Waals surface area (Å²) in [5, 5.41) is 1.09. The molecule has 2 N–H and O–H groups in total. The molecule has 3 aromatic rings. The summed E-state index contributed by atoms with van der Waals surface area (Å²) in [6.45, 7) is 1.79. The molecule has 0 radical (unpaired) electrons. The van der Waals surface area contributed by atoms with Gasteiger partial charge in [-0.25, -0.2) is 0 Å². The Balaban J connectivity index is 1.88. The van der Waals surface area contributed by atoms with E-state index in [1.54, 1.807) is 6.20 Å². The molecule has 104 valence electrons. The molecular formula is C17H14BrN3. The van der Waals surface area contributed by atoms with Crippen LogP contribution in [0.2, 0.25) is 0 Å². The molecule has 0 fully saturated rings. The fraction of sp³-hybridized carbons (Fsp3) is 0.118. The van der Waals surface area contributed by atoms with E-state index in [2.05, 4.69) is 56.1 Å². The minimum Gasteiger partial charge on any atom is -0.396 e. The predicted octanol–water partition coefficient (Wildman–Crippen LogP) is 4.10. The summed E-state index contributed by atoms with van der Waals surface area (Å²) in [4.78, 5) is 6.76.